The lowest BCUT2D eigenvalue weighted by Gasteiger charge is -2.62. The fraction of sp³-hybridized carbons (Fsp3) is 0.562. The number of Topliss-reactive ketones (excluding diaryl/α,β-unsaturated/α-hetero) is 1. The van der Waals surface area contributed by atoms with Gasteiger partial charge in [0.25, 0.3) is 0 Å². The number of pyridine rings is 1. The van der Waals surface area contributed by atoms with E-state index in [4.69, 9.17) is 9.72 Å². The van der Waals surface area contributed by atoms with E-state index in [0.717, 1.165) is 5.57 Å². The summed E-state index contributed by atoms with van der Waals surface area (Å²) >= 11 is 1.32. The smallest absolute Gasteiger partial charge is 0.213 e. The van der Waals surface area contributed by atoms with E-state index in [-0.39, 0.29) is 36.2 Å². The highest BCUT2D eigenvalue weighted by atomic mass is 32.1. The van der Waals surface area contributed by atoms with Crippen LogP contribution >= 0.6 is 11.3 Å². The molecule has 2 heterocycles. The average molecular weight is 581 g/mol. The van der Waals surface area contributed by atoms with Crippen molar-refractivity contribution in [3.8, 4) is 5.88 Å². The molecule has 0 unspecified atom stereocenters. The number of rotatable bonds is 6. The fourth-order valence-corrected chi connectivity index (χ4v) is 9.52. The number of aliphatic hydroxyl groups excluding tert-OH is 1. The van der Waals surface area contributed by atoms with Crippen LogP contribution in [-0.4, -0.2) is 50.1 Å². The second-order valence-corrected chi connectivity index (χ2v) is 13.7. The maximum Gasteiger partial charge on any atom is 0.213 e. The zero-order valence-electron chi connectivity index (χ0n) is 23.9. The largest absolute Gasteiger partial charge is 0.478 e. The molecule has 0 aliphatic heterocycles. The van der Waals surface area contributed by atoms with E-state index in [1.807, 2.05) is 26.2 Å². The highest BCUT2D eigenvalue weighted by molar-refractivity contribution is 7.09. The normalized spacial score (nSPS) is 39.5. The van der Waals surface area contributed by atoms with E-state index < -0.39 is 34.1 Å². The van der Waals surface area contributed by atoms with Gasteiger partial charge in [-0.3, -0.25) is 9.59 Å². The zero-order chi connectivity index (χ0) is 29.4. The average Bonchev–Trinajstić information content (AvgIpc) is 3.48. The van der Waals surface area contributed by atoms with Gasteiger partial charge in [0.2, 0.25) is 5.88 Å². The Hall–Kier alpha value is -2.75. The Morgan fingerprint density at radius 2 is 2.05 bits per heavy atom. The van der Waals surface area contributed by atoms with E-state index >= 15 is 4.39 Å². The number of carbonyl (C=O) groups excluding carboxylic acids is 2. The fourth-order valence-electron chi connectivity index (χ4n) is 8.68. The molecule has 8 atom stereocenters. The maximum atomic E-state index is 17.4. The maximum absolute atomic E-state index is 17.4. The number of allylic oxidation sites excluding steroid dienone is 4. The summed E-state index contributed by atoms with van der Waals surface area (Å²) in [7, 11) is 0. The molecule has 0 aromatic carbocycles. The van der Waals surface area contributed by atoms with Crippen molar-refractivity contribution in [3.05, 3.63) is 63.8 Å². The minimum absolute atomic E-state index is 0.0692. The van der Waals surface area contributed by atoms with Gasteiger partial charge in [0.15, 0.2) is 17.2 Å². The van der Waals surface area contributed by atoms with Gasteiger partial charge in [-0.15, -0.1) is 11.3 Å². The molecule has 0 bridgehead atoms. The molecule has 0 radical (unpaired) electrons. The Bertz CT molecular complexity index is 1450. The number of carbonyl (C=O) groups is 2. The van der Waals surface area contributed by atoms with Crippen molar-refractivity contribution in [1.29, 1.82) is 0 Å². The molecule has 41 heavy (non-hydrogen) atoms. The minimum atomic E-state index is -1.95. The van der Waals surface area contributed by atoms with Crippen molar-refractivity contribution < 1.29 is 28.9 Å². The van der Waals surface area contributed by atoms with Crippen LogP contribution in [0.15, 0.2) is 47.5 Å². The topological polar surface area (TPSA) is 110 Å². The number of nitrogens with zero attached hydrogens (tertiary/aromatic N) is 2. The Morgan fingerprint density at radius 3 is 2.76 bits per heavy atom. The van der Waals surface area contributed by atoms with Crippen molar-refractivity contribution >= 4 is 22.9 Å². The van der Waals surface area contributed by atoms with E-state index in [9.17, 15) is 19.8 Å². The van der Waals surface area contributed by atoms with Gasteiger partial charge < -0.3 is 14.9 Å². The molecule has 3 saturated carbocycles. The summed E-state index contributed by atoms with van der Waals surface area (Å²) in [6.45, 7) is 8.09. The third kappa shape index (κ3) is 3.88. The summed E-state index contributed by atoms with van der Waals surface area (Å²) in [5.74, 6) is -0.733. The first-order valence-corrected chi connectivity index (χ1v) is 15.4. The van der Waals surface area contributed by atoms with Crippen molar-refractivity contribution in [3.63, 3.8) is 0 Å². The van der Waals surface area contributed by atoms with Gasteiger partial charge in [-0.05, 0) is 69.6 Å². The number of aromatic nitrogens is 2. The number of alkyl halides is 1. The predicted octanol–water partition coefficient (Wildman–Crippen LogP) is 5.17. The van der Waals surface area contributed by atoms with Gasteiger partial charge in [-0.25, -0.2) is 14.4 Å². The Labute approximate surface area is 243 Å². The molecule has 7 nitrogen and oxygen atoms in total. The molecule has 0 saturated heterocycles. The number of thiazole rings is 1. The number of aliphatic hydroxyl groups is 2. The molecule has 3 fully saturated rings. The highest BCUT2D eigenvalue weighted by Crippen LogP contribution is 2.72. The molecule has 6 rings (SSSR count). The number of ether oxygens (including phenoxy) is 1. The number of hydrogen-bond donors (Lipinski definition) is 2. The summed E-state index contributed by atoms with van der Waals surface area (Å²) in [5, 5.41) is 26.5. The molecule has 2 aromatic rings. The summed E-state index contributed by atoms with van der Waals surface area (Å²) in [4.78, 5) is 34.0. The molecule has 0 spiro atoms. The summed E-state index contributed by atoms with van der Waals surface area (Å²) in [6, 6.07) is 3.35. The molecule has 9 heteroatoms. The van der Waals surface area contributed by atoms with Crippen LogP contribution in [0.25, 0.3) is 0 Å². The molecule has 2 aromatic heterocycles. The summed E-state index contributed by atoms with van der Waals surface area (Å²) in [5.41, 5.74) is -3.56. The van der Waals surface area contributed by atoms with Crippen molar-refractivity contribution in [1.82, 2.24) is 9.97 Å². The molecular formula is C32H37FN2O5S. The second kappa shape index (κ2) is 9.64. The Kier molecular flexibility index (Phi) is 6.67. The Balaban J connectivity index is 1.29. The molecule has 4 aliphatic rings. The van der Waals surface area contributed by atoms with Gasteiger partial charge >= 0.3 is 0 Å². The van der Waals surface area contributed by atoms with Crippen LogP contribution in [0.5, 0.6) is 5.88 Å². The first-order valence-electron chi connectivity index (χ1n) is 14.5. The van der Waals surface area contributed by atoms with E-state index in [2.05, 4.69) is 4.98 Å². The van der Waals surface area contributed by atoms with Crippen LogP contribution in [0.4, 0.5) is 4.39 Å². The SMILES string of the molecule is CCOc1ccc(C(=O)Cc2nc([C@@]3(O)[C@H](C)C[C@H]4[C@@H]5CCC6=CC(=O)C=C[C@]6(C)[C@@]5(F)[C@@H](O)C[C@@]43C)cs2)cn1. The van der Waals surface area contributed by atoms with Crippen molar-refractivity contribution in [2.75, 3.05) is 6.61 Å². The van der Waals surface area contributed by atoms with Gasteiger partial charge in [-0.2, -0.15) is 0 Å². The highest BCUT2D eigenvalue weighted by Gasteiger charge is 2.74. The van der Waals surface area contributed by atoms with Gasteiger partial charge in [-0.1, -0.05) is 25.5 Å². The first kappa shape index (κ1) is 28.4. The minimum Gasteiger partial charge on any atom is -0.478 e. The zero-order valence-corrected chi connectivity index (χ0v) is 24.7. The lowest BCUT2D eigenvalue weighted by molar-refractivity contribution is -0.223. The Morgan fingerprint density at radius 1 is 1.27 bits per heavy atom. The standard InChI is InChI=1S/C32H37FN2O5S/c1-5-40-27-9-6-19(16-34-27)24(37)14-28-35-25(17-41-28)32(39)18(2)12-23-22-8-7-20-13-21(36)10-11-29(20,3)31(22,33)26(38)15-30(23,32)4/h6,9-11,13,16-18,22-23,26,38-39H,5,7-8,12,14-15H2,1-4H3/t18-,22+,23+,26+,29+,30+,31+,32+/m1/s1. The van der Waals surface area contributed by atoms with E-state index in [0.29, 0.717) is 48.0 Å². The third-order valence-electron chi connectivity index (χ3n) is 10.8. The van der Waals surface area contributed by atoms with E-state index in [1.54, 1.807) is 25.1 Å². The monoisotopic (exact) mass is 580 g/mol. The van der Waals surface area contributed by atoms with Gasteiger partial charge in [0.1, 0.15) is 10.6 Å². The quantitative estimate of drug-likeness (QED) is 0.454. The van der Waals surface area contributed by atoms with Crippen molar-refractivity contribution in [2.45, 2.75) is 77.2 Å². The predicted molar refractivity (Wildman–Crippen MR) is 152 cm³/mol. The molecular weight excluding hydrogens is 543 g/mol. The van der Waals surface area contributed by atoms with Crippen LogP contribution in [-0.2, 0) is 16.8 Å². The van der Waals surface area contributed by atoms with Crippen LogP contribution in [0, 0.1) is 28.6 Å². The molecule has 0 amide bonds. The lowest BCUT2D eigenvalue weighted by Crippen LogP contribution is -2.68. The number of halogens is 1. The van der Waals surface area contributed by atoms with Crippen LogP contribution in [0.1, 0.15) is 74.4 Å². The number of fused-ring (bicyclic) bond motifs is 5. The lowest BCUT2D eigenvalue weighted by atomic mass is 9.44. The molecule has 4 aliphatic carbocycles. The van der Waals surface area contributed by atoms with Crippen molar-refractivity contribution in [2.24, 2.45) is 28.6 Å². The van der Waals surface area contributed by atoms with Gasteiger partial charge in [0, 0.05) is 40.0 Å². The molecule has 2 N–H and O–H groups in total. The van der Waals surface area contributed by atoms with E-state index in [1.165, 1.54) is 29.7 Å². The first-order chi connectivity index (χ1) is 19.4. The van der Waals surface area contributed by atoms with Crippen LogP contribution in [0.3, 0.4) is 0 Å². The third-order valence-corrected chi connectivity index (χ3v) is 11.7. The van der Waals surface area contributed by atoms with Crippen LogP contribution in [0.2, 0.25) is 0 Å². The summed E-state index contributed by atoms with van der Waals surface area (Å²) < 4.78 is 22.8. The summed E-state index contributed by atoms with van der Waals surface area (Å²) in [6.07, 6.45) is 6.59. The van der Waals surface area contributed by atoms with Gasteiger partial charge in [0.05, 0.1) is 24.8 Å². The number of ketones is 2. The number of hydrogen-bond acceptors (Lipinski definition) is 8. The second-order valence-electron chi connectivity index (χ2n) is 12.7. The van der Waals surface area contributed by atoms with Crippen LogP contribution < -0.4 is 4.74 Å². The molecule has 218 valence electrons.